The van der Waals surface area contributed by atoms with Gasteiger partial charge in [-0.3, -0.25) is 0 Å². The monoisotopic (exact) mass is 484 g/mol. The topological polar surface area (TPSA) is 108 Å². The lowest BCUT2D eigenvalue weighted by atomic mass is 9.81. The third kappa shape index (κ3) is 4.11. The van der Waals surface area contributed by atoms with Crippen LogP contribution in [-0.4, -0.2) is 43.9 Å². The van der Waals surface area contributed by atoms with E-state index in [-0.39, 0.29) is 17.7 Å². The van der Waals surface area contributed by atoms with Crippen LogP contribution in [0, 0.1) is 17.2 Å². The smallest absolute Gasteiger partial charge is 0.354 e. The summed E-state index contributed by atoms with van der Waals surface area (Å²) in [6.07, 6.45) is 12.7. The highest BCUT2D eigenvalue weighted by Gasteiger charge is 2.31. The van der Waals surface area contributed by atoms with Gasteiger partial charge in [0.05, 0.1) is 23.2 Å². The lowest BCUT2D eigenvalue weighted by molar-refractivity contribution is 0.0691. The Bertz CT molecular complexity index is 1310. The number of carboxylic acids is 1. The van der Waals surface area contributed by atoms with E-state index in [0.29, 0.717) is 11.6 Å². The number of hydrogen-bond donors (Lipinski definition) is 1. The van der Waals surface area contributed by atoms with E-state index in [1.807, 2.05) is 18.3 Å². The fourth-order valence-electron chi connectivity index (χ4n) is 6.02. The lowest BCUT2D eigenvalue weighted by Crippen LogP contribution is -2.33. The zero-order valence-corrected chi connectivity index (χ0v) is 20.6. The van der Waals surface area contributed by atoms with Crippen LogP contribution in [0.5, 0.6) is 0 Å². The summed E-state index contributed by atoms with van der Waals surface area (Å²) in [5.74, 6) is 0.411. The summed E-state index contributed by atoms with van der Waals surface area (Å²) in [6, 6.07) is 8.42. The highest BCUT2D eigenvalue weighted by atomic mass is 16.4. The van der Waals surface area contributed by atoms with Crippen LogP contribution in [0.4, 0.5) is 5.82 Å². The minimum atomic E-state index is -1.02. The normalized spacial score (nSPS) is 19.8. The molecular formula is C28H32N6O2. The molecule has 8 nitrogen and oxygen atoms in total. The highest BCUT2D eigenvalue weighted by Crippen LogP contribution is 2.44. The summed E-state index contributed by atoms with van der Waals surface area (Å²) in [7, 11) is 0. The molecule has 0 unspecified atom stereocenters. The Labute approximate surface area is 211 Å². The van der Waals surface area contributed by atoms with Gasteiger partial charge in [0.15, 0.2) is 11.3 Å². The molecule has 36 heavy (non-hydrogen) atoms. The second kappa shape index (κ2) is 9.53. The molecular weight excluding hydrogens is 452 g/mol. The Morgan fingerprint density at radius 2 is 1.81 bits per heavy atom. The number of fused-ring (bicyclic) bond motifs is 1. The van der Waals surface area contributed by atoms with Gasteiger partial charge in [0.25, 0.3) is 0 Å². The van der Waals surface area contributed by atoms with Gasteiger partial charge in [-0.05, 0) is 62.3 Å². The zero-order chi connectivity index (χ0) is 24.6. The lowest BCUT2D eigenvalue weighted by Gasteiger charge is -2.30. The molecule has 0 radical (unpaired) electrons. The molecule has 3 aromatic rings. The molecule has 0 amide bonds. The number of rotatable bonds is 5. The van der Waals surface area contributed by atoms with Crippen LogP contribution in [0.1, 0.15) is 92.4 Å². The first-order chi connectivity index (χ1) is 17.6. The van der Waals surface area contributed by atoms with Crippen molar-refractivity contribution in [3.05, 3.63) is 35.8 Å². The quantitative estimate of drug-likeness (QED) is 0.494. The first-order valence-electron chi connectivity index (χ1n) is 13.4. The highest BCUT2D eigenvalue weighted by molar-refractivity contribution is 5.99. The number of piperidine rings is 1. The van der Waals surface area contributed by atoms with Crippen LogP contribution in [0.3, 0.4) is 0 Å². The number of pyridine rings is 2. The molecule has 4 heterocycles. The maximum absolute atomic E-state index is 12.1. The zero-order valence-electron chi connectivity index (χ0n) is 20.6. The SMILES string of the molecule is N#CC1CCN(c2ccc(-c3cc(C(=O)O)nc4c3c(C3CCC3)nn4C3CCCCC3)cn2)CC1. The van der Waals surface area contributed by atoms with E-state index in [1.54, 1.807) is 6.07 Å². The van der Waals surface area contributed by atoms with Crippen molar-refractivity contribution in [1.29, 1.82) is 5.26 Å². The average Bonchev–Trinajstić information content (AvgIpc) is 3.27. The minimum absolute atomic E-state index is 0.0530. The summed E-state index contributed by atoms with van der Waals surface area (Å²) in [4.78, 5) is 23.7. The van der Waals surface area contributed by atoms with Gasteiger partial charge in [-0.2, -0.15) is 10.4 Å². The van der Waals surface area contributed by atoms with Crippen LogP contribution in [-0.2, 0) is 0 Å². The van der Waals surface area contributed by atoms with Crippen molar-refractivity contribution in [2.75, 3.05) is 18.0 Å². The standard InChI is InChI=1S/C28H32N6O2/c29-16-18-11-13-33(14-12-18)24-10-9-20(17-30-24)22-15-23(28(35)36)31-27-25(22)26(19-5-4-6-19)32-34(27)21-7-2-1-3-8-21/h9-10,15,17-19,21H,1-8,11-14H2,(H,35,36). The second-order valence-corrected chi connectivity index (χ2v) is 10.6. The molecule has 1 aliphatic heterocycles. The summed E-state index contributed by atoms with van der Waals surface area (Å²) >= 11 is 0. The second-order valence-electron chi connectivity index (χ2n) is 10.6. The molecule has 3 aliphatic rings. The molecule has 1 N–H and O–H groups in total. The van der Waals surface area contributed by atoms with Crippen molar-refractivity contribution < 1.29 is 9.90 Å². The van der Waals surface area contributed by atoms with Crippen LogP contribution in [0.15, 0.2) is 24.4 Å². The molecule has 0 aromatic carbocycles. The van der Waals surface area contributed by atoms with Crippen molar-refractivity contribution in [2.45, 2.75) is 76.2 Å². The Balaban J connectivity index is 1.44. The third-order valence-corrected chi connectivity index (χ3v) is 8.38. The van der Waals surface area contributed by atoms with E-state index in [1.165, 1.54) is 25.7 Å². The Kier molecular flexibility index (Phi) is 6.08. The van der Waals surface area contributed by atoms with E-state index in [4.69, 9.17) is 10.1 Å². The molecule has 2 saturated carbocycles. The molecule has 2 aliphatic carbocycles. The van der Waals surface area contributed by atoms with Crippen molar-refractivity contribution in [3.8, 4) is 17.2 Å². The fraction of sp³-hybridized carbons (Fsp3) is 0.536. The van der Waals surface area contributed by atoms with E-state index >= 15 is 0 Å². The van der Waals surface area contributed by atoms with Crippen molar-refractivity contribution in [2.24, 2.45) is 5.92 Å². The Morgan fingerprint density at radius 3 is 2.42 bits per heavy atom. The fourth-order valence-corrected chi connectivity index (χ4v) is 6.02. The molecule has 0 spiro atoms. The summed E-state index contributed by atoms with van der Waals surface area (Å²) in [5.41, 5.74) is 3.59. The van der Waals surface area contributed by atoms with Gasteiger partial charge >= 0.3 is 5.97 Å². The molecule has 0 bridgehead atoms. The van der Waals surface area contributed by atoms with Gasteiger partial charge in [-0.15, -0.1) is 0 Å². The number of hydrogen-bond acceptors (Lipinski definition) is 6. The van der Waals surface area contributed by atoms with Crippen LogP contribution >= 0.6 is 0 Å². The average molecular weight is 485 g/mol. The van der Waals surface area contributed by atoms with E-state index in [0.717, 1.165) is 79.6 Å². The van der Waals surface area contributed by atoms with Gasteiger partial charge < -0.3 is 10.0 Å². The Hall–Kier alpha value is -3.47. The number of aromatic nitrogens is 4. The molecule has 3 fully saturated rings. The molecule has 8 heteroatoms. The third-order valence-electron chi connectivity index (χ3n) is 8.38. The number of carboxylic acid groups (broad SMARTS) is 1. The van der Waals surface area contributed by atoms with Gasteiger partial charge in [0, 0.05) is 36.7 Å². The predicted molar refractivity (Wildman–Crippen MR) is 137 cm³/mol. The van der Waals surface area contributed by atoms with Gasteiger partial charge in [-0.1, -0.05) is 25.7 Å². The number of aromatic carboxylic acids is 1. The van der Waals surface area contributed by atoms with Crippen LogP contribution in [0.25, 0.3) is 22.2 Å². The maximum atomic E-state index is 12.1. The van der Waals surface area contributed by atoms with Gasteiger partial charge in [0.2, 0.25) is 0 Å². The maximum Gasteiger partial charge on any atom is 0.354 e. The number of nitriles is 1. The van der Waals surface area contributed by atoms with Crippen molar-refractivity contribution in [3.63, 3.8) is 0 Å². The summed E-state index contributed by atoms with van der Waals surface area (Å²) < 4.78 is 2.05. The number of anilines is 1. The summed E-state index contributed by atoms with van der Waals surface area (Å²) in [5, 5.41) is 25.2. The van der Waals surface area contributed by atoms with Crippen molar-refractivity contribution >= 4 is 22.8 Å². The van der Waals surface area contributed by atoms with Gasteiger partial charge in [-0.25, -0.2) is 19.4 Å². The van der Waals surface area contributed by atoms with E-state index < -0.39 is 5.97 Å². The molecule has 6 rings (SSSR count). The van der Waals surface area contributed by atoms with Crippen LogP contribution < -0.4 is 4.90 Å². The number of carbonyl (C=O) groups is 1. The van der Waals surface area contributed by atoms with Gasteiger partial charge in [0.1, 0.15) is 5.82 Å². The predicted octanol–water partition coefficient (Wildman–Crippen LogP) is 5.70. The molecule has 3 aromatic heterocycles. The molecule has 0 atom stereocenters. The Morgan fingerprint density at radius 1 is 1.03 bits per heavy atom. The molecule has 186 valence electrons. The largest absolute Gasteiger partial charge is 0.477 e. The summed E-state index contributed by atoms with van der Waals surface area (Å²) in [6.45, 7) is 1.65. The molecule has 1 saturated heterocycles. The first kappa shape index (κ1) is 23.0. The first-order valence-corrected chi connectivity index (χ1v) is 13.4. The van der Waals surface area contributed by atoms with E-state index in [9.17, 15) is 15.2 Å². The minimum Gasteiger partial charge on any atom is -0.477 e. The number of nitrogens with zero attached hydrogens (tertiary/aromatic N) is 6. The van der Waals surface area contributed by atoms with E-state index in [2.05, 4.69) is 20.6 Å². The van der Waals surface area contributed by atoms with Crippen LogP contribution in [0.2, 0.25) is 0 Å². The van der Waals surface area contributed by atoms with Crippen molar-refractivity contribution in [1.82, 2.24) is 19.7 Å².